The minimum absolute atomic E-state index is 0.124. The maximum Gasteiger partial charge on any atom is 0.354 e. The number of carboxylic acids is 1. The number of hydrogen-bond donors (Lipinski definition) is 3. The Labute approximate surface area is 149 Å². The molecule has 1 fully saturated rings. The fraction of sp³-hybridized carbons (Fsp3) is 0.308. The highest BCUT2D eigenvalue weighted by molar-refractivity contribution is 8.00. The van der Waals surface area contributed by atoms with Crippen LogP contribution in [-0.4, -0.2) is 56.7 Å². The summed E-state index contributed by atoms with van der Waals surface area (Å²) < 4.78 is 0. The number of oxime groups is 1. The number of carbonyl (C=O) groups is 3. The first-order chi connectivity index (χ1) is 11.9. The molecule has 2 amide bonds. The van der Waals surface area contributed by atoms with E-state index < -0.39 is 11.9 Å². The molecule has 3 heterocycles. The Kier molecular flexibility index (Phi) is 4.63. The number of thioether (sulfide) groups is 1. The van der Waals surface area contributed by atoms with Gasteiger partial charge in [0.1, 0.15) is 12.8 Å². The second-order valence-corrected chi connectivity index (χ2v) is 7.07. The van der Waals surface area contributed by atoms with Gasteiger partial charge in [-0.25, -0.2) is 9.78 Å². The SMILES string of the molecule is CON=C(C(=O)NC1=C(C(=O)O)N2C(=O)CC2SC1)c1csc(N)n1. The monoisotopic (exact) mass is 383 g/mol. The molecule has 2 aliphatic rings. The zero-order valence-electron chi connectivity index (χ0n) is 12.9. The number of β-lactam (4-membered cyclic amide) rings is 1. The second-order valence-electron chi connectivity index (χ2n) is 5.01. The summed E-state index contributed by atoms with van der Waals surface area (Å²) in [5, 5.41) is 17.2. The number of anilines is 1. The van der Waals surface area contributed by atoms with Crippen molar-refractivity contribution in [2.24, 2.45) is 5.16 Å². The van der Waals surface area contributed by atoms with Crippen LogP contribution in [0.4, 0.5) is 5.13 Å². The molecule has 2 aliphatic heterocycles. The fourth-order valence-corrected chi connectivity index (χ4v) is 4.15. The first-order valence-corrected chi connectivity index (χ1v) is 8.89. The first kappa shape index (κ1) is 17.2. The Morgan fingerprint density at radius 3 is 2.88 bits per heavy atom. The molecule has 1 aromatic rings. The van der Waals surface area contributed by atoms with Crippen molar-refractivity contribution in [3.05, 3.63) is 22.5 Å². The maximum atomic E-state index is 12.5. The molecule has 12 heteroatoms. The molecule has 3 rings (SSSR count). The molecular weight excluding hydrogens is 370 g/mol. The number of nitrogens with two attached hydrogens (primary N) is 1. The van der Waals surface area contributed by atoms with Crippen LogP contribution in [-0.2, 0) is 19.2 Å². The van der Waals surface area contributed by atoms with Crippen LogP contribution in [0.5, 0.6) is 0 Å². The Bertz CT molecular complexity index is 817. The number of carbonyl (C=O) groups excluding carboxylic acids is 2. The van der Waals surface area contributed by atoms with Crippen molar-refractivity contribution in [2.45, 2.75) is 11.8 Å². The van der Waals surface area contributed by atoms with Crippen molar-refractivity contribution in [3.8, 4) is 0 Å². The van der Waals surface area contributed by atoms with Crippen molar-refractivity contribution >= 4 is 51.7 Å². The lowest BCUT2D eigenvalue weighted by Gasteiger charge is -2.43. The fourth-order valence-electron chi connectivity index (χ4n) is 2.40. The lowest BCUT2D eigenvalue weighted by molar-refractivity contribution is -0.146. The number of nitrogen functional groups attached to an aromatic ring is 1. The third-order valence-electron chi connectivity index (χ3n) is 3.48. The molecule has 10 nitrogen and oxygen atoms in total. The number of nitrogens with zero attached hydrogens (tertiary/aromatic N) is 3. The highest BCUT2D eigenvalue weighted by Crippen LogP contribution is 2.39. The van der Waals surface area contributed by atoms with Crippen LogP contribution in [0.1, 0.15) is 12.1 Å². The largest absolute Gasteiger partial charge is 0.477 e. The molecule has 4 N–H and O–H groups in total. The molecule has 1 atom stereocenters. The molecule has 25 heavy (non-hydrogen) atoms. The molecule has 1 saturated heterocycles. The van der Waals surface area contributed by atoms with Gasteiger partial charge in [0.15, 0.2) is 16.5 Å². The van der Waals surface area contributed by atoms with Gasteiger partial charge in [-0.1, -0.05) is 5.16 Å². The number of rotatable bonds is 5. The van der Waals surface area contributed by atoms with Gasteiger partial charge in [0.2, 0.25) is 5.91 Å². The van der Waals surface area contributed by atoms with Crippen molar-refractivity contribution in [3.63, 3.8) is 0 Å². The Balaban J connectivity index is 1.89. The lowest BCUT2D eigenvalue weighted by atomic mass is 10.1. The van der Waals surface area contributed by atoms with E-state index in [2.05, 4.69) is 20.3 Å². The van der Waals surface area contributed by atoms with Gasteiger partial charge in [-0.3, -0.25) is 14.5 Å². The second kappa shape index (κ2) is 6.72. The summed E-state index contributed by atoms with van der Waals surface area (Å²) in [6.07, 6.45) is 0.289. The highest BCUT2D eigenvalue weighted by Gasteiger charge is 2.45. The van der Waals surface area contributed by atoms with Gasteiger partial charge < -0.3 is 21.0 Å². The predicted octanol–water partition coefficient (Wildman–Crippen LogP) is -0.207. The van der Waals surface area contributed by atoms with E-state index in [0.29, 0.717) is 0 Å². The van der Waals surface area contributed by atoms with Crippen LogP contribution in [0, 0.1) is 0 Å². The van der Waals surface area contributed by atoms with Crippen molar-refractivity contribution in [1.82, 2.24) is 15.2 Å². The van der Waals surface area contributed by atoms with Crippen molar-refractivity contribution in [1.29, 1.82) is 0 Å². The summed E-state index contributed by atoms with van der Waals surface area (Å²) in [6, 6.07) is 0. The van der Waals surface area contributed by atoms with E-state index in [1.807, 2.05) is 0 Å². The van der Waals surface area contributed by atoms with Crippen LogP contribution >= 0.6 is 23.1 Å². The van der Waals surface area contributed by atoms with E-state index in [9.17, 15) is 19.5 Å². The van der Waals surface area contributed by atoms with E-state index in [4.69, 9.17) is 5.73 Å². The van der Waals surface area contributed by atoms with Crippen LogP contribution in [0.15, 0.2) is 21.9 Å². The van der Waals surface area contributed by atoms with E-state index in [1.54, 1.807) is 0 Å². The van der Waals surface area contributed by atoms with Gasteiger partial charge in [-0.2, -0.15) is 0 Å². The van der Waals surface area contributed by atoms with Gasteiger partial charge in [0, 0.05) is 11.1 Å². The van der Waals surface area contributed by atoms with Gasteiger partial charge in [-0.05, 0) is 0 Å². The number of nitrogens with one attached hydrogen (secondary N) is 1. The summed E-state index contributed by atoms with van der Waals surface area (Å²) in [5.41, 5.74) is 5.53. The lowest BCUT2D eigenvalue weighted by Crippen LogP contribution is -2.55. The first-order valence-electron chi connectivity index (χ1n) is 6.96. The summed E-state index contributed by atoms with van der Waals surface area (Å²) >= 11 is 2.50. The number of thiazole rings is 1. The zero-order chi connectivity index (χ0) is 18.1. The number of aromatic nitrogens is 1. The molecule has 0 radical (unpaired) electrons. The normalized spacial score (nSPS) is 20.0. The van der Waals surface area contributed by atoms with Crippen LogP contribution in [0.2, 0.25) is 0 Å². The standard InChI is InChI=1S/C13H13N5O5S2/c1-23-17-9(5-3-25-13(14)16-5)11(20)15-6-4-24-8-2-7(19)18(8)10(6)12(21)22/h3,8H,2,4H2,1H3,(H2,14,16)(H,15,20)(H,21,22). The molecule has 0 aromatic carbocycles. The van der Waals surface area contributed by atoms with E-state index in [-0.39, 0.29) is 51.4 Å². The molecule has 0 bridgehead atoms. The van der Waals surface area contributed by atoms with E-state index in [0.717, 1.165) is 11.3 Å². The van der Waals surface area contributed by atoms with Crippen LogP contribution in [0.3, 0.4) is 0 Å². The number of amides is 2. The molecular formula is C13H13N5O5S2. The molecule has 132 valence electrons. The zero-order valence-corrected chi connectivity index (χ0v) is 14.5. The summed E-state index contributed by atoms with van der Waals surface area (Å²) in [7, 11) is 1.27. The van der Waals surface area contributed by atoms with Gasteiger partial charge in [0.25, 0.3) is 5.91 Å². The summed E-state index contributed by atoms with van der Waals surface area (Å²) in [4.78, 5) is 45.6. The van der Waals surface area contributed by atoms with Crippen molar-refractivity contribution < 1.29 is 24.3 Å². The predicted molar refractivity (Wildman–Crippen MR) is 90.6 cm³/mol. The quantitative estimate of drug-likeness (QED) is 0.360. The number of fused-ring (bicyclic) bond motifs is 1. The van der Waals surface area contributed by atoms with E-state index >= 15 is 0 Å². The average Bonchev–Trinajstić information content (AvgIpc) is 2.98. The van der Waals surface area contributed by atoms with E-state index in [1.165, 1.54) is 29.2 Å². The number of aliphatic carboxylic acids is 1. The Morgan fingerprint density at radius 1 is 1.56 bits per heavy atom. The van der Waals surface area contributed by atoms with Gasteiger partial charge in [0.05, 0.1) is 17.5 Å². The third-order valence-corrected chi connectivity index (χ3v) is 5.37. The topological polar surface area (TPSA) is 147 Å². The number of carboxylic acid groups (broad SMARTS) is 1. The molecule has 0 spiro atoms. The molecule has 0 saturated carbocycles. The molecule has 1 unspecified atom stereocenters. The Hall–Kier alpha value is -2.60. The smallest absolute Gasteiger partial charge is 0.354 e. The number of hydrogen-bond acceptors (Lipinski definition) is 9. The van der Waals surface area contributed by atoms with Crippen LogP contribution < -0.4 is 11.1 Å². The minimum atomic E-state index is -1.28. The summed E-state index contributed by atoms with van der Waals surface area (Å²) in [5.74, 6) is -2.02. The minimum Gasteiger partial charge on any atom is -0.477 e. The highest BCUT2D eigenvalue weighted by atomic mass is 32.2. The third kappa shape index (κ3) is 3.17. The molecule has 0 aliphatic carbocycles. The van der Waals surface area contributed by atoms with Gasteiger partial charge >= 0.3 is 5.97 Å². The average molecular weight is 383 g/mol. The van der Waals surface area contributed by atoms with Crippen LogP contribution in [0.25, 0.3) is 0 Å². The van der Waals surface area contributed by atoms with Gasteiger partial charge in [-0.15, -0.1) is 23.1 Å². The Morgan fingerprint density at radius 2 is 2.32 bits per heavy atom. The molecule has 1 aromatic heterocycles. The maximum absolute atomic E-state index is 12.5. The summed E-state index contributed by atoms with van der Waals surface area (Å²) in [6.45, 7) is 0. The van der Waals surface area contributed by atoms with Crippen molar-refractivity contribution in [2.75, 3.05) is 18.6 Å².